The number of allylic oxidation sites excluding steroid dienone is 1. The highest BCUT2D eigenvalue weighted by atomic mass is 19.4. The number of carbonyl (C=O) groups is 1. The van der Waals surface area contributed by atoms with Crippen LogP contribution in [0.15, 0.2) is 72.4 Å². The molecule has 7 nitrogen and oxygen atoms in total. The number of halogens is 3. The predicted molar refractivity (Wildman–Crippen MR) is 156 cm³/mol. The molecule has 4 rings (SSSR count). The van der Waals surface area contributed by atoms with E-state index < -0.39 is 23.8 Å². The number of rotatable bonds is 8. The molecule has 1 atom stereocenters. The summed E-state index contributed by atoms with van der Waals surface area (Å²) in [6.07, 6.45) is -2.61. The van der Waals surface area contributed by atoms with Gasteiger partial charge in [-0.2, -0.15) is 13.2 Å². The van der Waals surface area contributed by atoms with E-state index in [0.717, 1.165) is 22.9 Å². The van der Waals surface area contributed by atoms with Crippen molar-refractivity contribution in [2.24, 2.45) is 0 Å². The van der Waals surface area contributed by atoms with Crippen LogP contribution < -0.4 is 5.32 Å². The Kier molecular flexibility index (Phi) is 8.96. The molecule has 1 N–H and O–H groups in total. The summed E-state index contributed by atoms with van der Waals surface area (Å²) in [6, 6.07) is 14.9. The zero-order valence-corrected chi connectivity index (χ0v) is 24.3. The van der Waals surface area contributed by atoms with Crippen molar-refractivity contribution in [2.75, 3.05) is 12.4 Å². The van der Waals surface area contributed by atoms with Gasteiger partial charge in [0.2, 0.25) is 0 Å². The van der Waals surface area contributed by atoms with Crippen LogP contribution in [-0.2, 0) is 32.5 Å². The van der Waals surface area contributed by atoms with Gasteiger partial charge in [-0.15, -0.1) is 0 Å². The fourth-order valence-electron chi connectivity index (χ4n) is 4.31. The lowest BCUT2D eigenvalue weighted by molar-refractivity contribution is -0.151. The maximum absolute atomic E-state index is 13.7. The Morgan fingerprint density at radius 3 is 2.36 bits per heavy atom. The third kappa shape index (κ3) is 7.30. The summed E-state index contributed by atoms with van der Waals surface area (Å²) in [4.78, 5) is 25.5. The SMILES string of the molecule is COC(=O)C(C=C(C)C)OCc1nc(Nc2ccc(C(C)(C)C)cc2)c2ccc(-c3ncccc3C(F)(F)F)cc2n1. The molecule has 220 valence electrons. The molecule has 0 fully saturated rings. The molecule has 0 aliphatic rings. The van der Waals surface area contributed by atoms with Gasteiger partial charge in [-0.1, -0.05) is 44.5 Å². The first-order chi connectivity index (χ1) is 19.8. The van der Waals surface area contributed by atoms with Gasteiger partial charge in [-0.3, -0.25) is 4.98 Å². The van der Waals surface area contributed by atoms with Crippen molar-refractivity contribution >= 4 is 28.4 Å². The van der Waals surface area contributed by atoms with Crippen molar-refractivity contribution in [3.8, 4) is 11.3 Å². The number of ether oxygens (including phenoxy) is 2. The van der Waals surface area contributed by atoms with Crippen LogP contribution in [0.25, 0.3) is 22.2 Å². The molecule has 0 amide bonds. The number of pyridine rings is 1. The molecule has 2 aromatic heterocycles. The van der Waals surface area contributed by atoms with Gasteiger partial charge in [-0.25, -0.2) is 14.8 Å². The molecule has 0 radical (unpaired) electrons. The van der Waals surface area contributed by atoms with E-state index in [1.54, 1.807) is 24.3 Å². The van der Waals surface area contributed by atoms with Crippen LogP contribution >= 0.6 is 0 Å². The van der Waals surface area contributed by atoms with Gasteiger partial charge in [0.15, 0.2) is 11.9 Å². The zero-order valence-electron chi connectivity index (χ0n) is 24.3. The maximum atomic E-state index is 13.7. The highest BCUT2D eigenvalue weighted by Crippen LogP contribution is 2.37. The van der Waals surface area contributed by atoms with E-state index in [4.69, 9.17) is 9.47 Å². The van der Waals surface area contributed by atoms with E-state index in [1.807, 2.05) is 38.1 Å². The second-order valence-electron chi connectivity index (χ2n) is 11.1. The summed E-state index contributed by atoms with van der Waals surface area (Å²) in [5.41, 5.74) is 2.33. The Bertz CT molecular complexity index is 1610. The van der Waals surface area contributed by atoms with E-state index in [2.05, 4.69) is 41.0 Å². The average Bonchev–Trinajstić information content (AvgIpc) is 2.93. The Morgan fingerprint density at radius 1 is 1.02 bits per heavy atom. The number of nitrogens with zero attached hydrogens (tertiary/aromatic N) is 3. The summed E-state index contributed by atoms with van der Waals surface area (Å²) in [7, 11) is 1.27. The number of alkyl halides is 3. The number of esters is 1. The molecule has 0 spiro atoms. The number of aromatic nitrogens is 3. The standard InChI is InChI=1S/C32H33F3N4O3/c1-19(2)16-26(30(40)41-6)42-18-27-38-25-17-20(28-24(32(33,34)35)8-7-15-36-28)9-14-23(25)29(39-27)37-22-12-10-21(11-13-22)31(3,4)5/h7-17,26H,18H2,1-6H3,(H,37,38,39). The second kappa shape index (κ2) is 12.3. The molecule has 4 aromatic rings. The van der Waals surface area contributed by atoms with Crippen molar-refractivity contribution in [1.82, 2.24) is 15.0 Å². The largest absolute Gasteiger partial charge is 0.467 e. The average molecular weight is 579 g/mol. The lowest BCUT2D eigenvalue weighted by Crippen LogP contribution is -2.24. The number of methoxy groups -OCH3 is 1. The van der Waals surface area contributed by atoms with Crippen LogP contribution in [0.4, 0.5) is 24.7 Å². The van der Waals surface area contributed by atoms with E-state index >= 15 is 0 Å². The van der Waals surface area contributed by atoms with Gasteiger partial charge < -0.3 is 14.8 Å². The smallest absolute Gasteiger partial charge is 0.418 e. The van der Waals surface area contributed by atoms with Crippen LogP contribution in [0.1, 0.15) is 51.6 Å². The van der Waals surface area contributed by atoms with E-state index in [1.165, 1.54) is 19.4 Å². The summed E-state index contributed by atoms with van der Waals surface area (Å²) in [5, 5.41) is 3.89. The van der Waals surface area contributed by atoms with Gasteiger partial charge in [0.1, 0.15) is 12.4 Å². The Balaban J connectivity index is 1.79. The molecule has 0 bridgehead atoms. The molecule has 0 aliphatic heterocycles. The van der Waals surface area contributed by atoms with Crippen LogP contribution in [0.3, 0.4) is 0 Å². The molecule has 2 heterocycles. The van der Waals surface area contributed by atoms with Crippen LogP contribution in [0.5, 0.6) is 0 Å². The topological polar surface area (TPSA) is 86.2 Å². The van der Waals surface area contributed by atoms with Gasteiger partial charge in [0.05, 0.1) is 23.9 Å². The first kappa shape index (κ1) is 30.6. The minimum absolute atomic E-state index is 0.0245. The molecule has 10 heteroatoms. The number of anilines is 2. The number of benzene rings is 2. The fourth-order valence-corrected chi connectivity index (χ4v) is 4.31. The Morgan fingerprint density at radius 2 is 1.74 bits per heavy atom. The van der Waals surface area contributed by atoms with Gasteiger partial charge >= 0.3 is 12.1 Å². The van der Waals surface area contributed by atoms with Crippen molar-refractivity contribution in [2.45, 2.75) is 58.9 Å². The minimum atomic E-state index is -4.58. The summed E-state index contributed by atoms with van der Waals surface area (Å²) in [6.45, 7) is 9.87. The van der Waals surface area contributed by atoms with Crippen LogP contribution in [0.2, 0.25) is 0 Å². The fraction of sp³-hybridized carbons (Fsp3) is 0.312. The van der Waals surface area contributed by atoms with E-state index in [0.29, 0.717) is 16.7 Å². The highest BCUT2D eigenvalue weighted by molar-refractivity contribution is 5.93. The zero-order chi connectivity index (χ0) is 30.7. The monoisotopic (exact) mass is 578 g/mol. The predicted octanol–water partition coefficient (Wildman–Crippen LogP) is 7.78. The second-order valence-corrected chi connectivity index (χ2v) is 11.1. The number of hydrogen-bond donors (Lipinski definition) is 1. The lowest BCUT2D eigenvalue weighted by Gasteiger charge is -2.19. The molecule has 0 saturated heterocycles. The maximum Gasteiger partial charge on any atom is 0.418 e. The number of hydrogen-bond acceptors (Lipinski definition) is 7. The first-order valence-corrected chi connectivity index (χ1v) is 13.3. The van der Waals surface area contributed by atoms with Gasteiger partial charge in [0, 0.05) is 22.8 Å². The number of nitrogens with one attached hydrogen (secondary N) is 1. The van der Waals surface area contributed by atoms with Crippen molar-refractivity contribution in [3.05, 3.63) is 89.4 Å². The van der Waals surface area contributed by atoms with Crippen molar-refractivity contribution in [1.29, 1.82) is 0 Å². The third-order valence-corrected chi connectivity index (χ3v) is 6.45. The molecule has 2 aromatic carbocycles. The van der Waals surface area contributed by atoms with Crippen LogP contribution in [-0.4, -0.2) is 34.1 Å². The third-order valence-electron chi connectivity index (χ3n) is 6.45. The molecule has 1 unspecified atom stereocenters. The van der Waals surface area contributed by atoms with Crippen molar-refractivity contribution < 1.29 is 27.4 Å². The molecular formula is C32H33F3N4O3. The Hall–Kier alpha value is -4.31. The number of fused-ring (bicyclic) bond motifs is 1. The van der Waals surface area contributed by atoms with Gasteiger partial charge in [0.25, 0.3) is 0 Å². The molecule has 0 saturated carbocycles. The highest BCUT2D eigenvalue weighted by Gasteiger charge is 2.34. The van der Waals surface area contributed by atoms with Crippen molar-refractivity contribution in [3.63, 3.8) is 0 Å². The Labute approximate surface area is 242 Å². The first-order valence-electron chi connectivity index (χ1n) is 13.3. The summed E-state index contributed by atoms with van der Waals surface area (Å²) >= 11 is 0. The summed E-state index contributed by atoms with van der Waals surface area (Å²) < 4.78 is 51.9. The van der Waals surface area contributed by atoms with Crippen LogP contribution in [0, 0.1) is 0 Å². The van der Waals surface area contributed by atoms with Gasteiger partial charge in [-0.05, 0) is 67.3 Å². The molecule has 42 heavy (non-hydrogen) atoms. The minimum Gasteiger partial charge on any atom is -0.467 e. The molecular weight excluding hydrogens is 545 g/mol. The number of carbonyl (C=O) groups excluding carboxylic acids is 1. The van der Waals surface area contributed by atoms with E-state index in [-0.39, 0.29) is 29.1 Å². The quantitative estimate of drug-likeness (QED) is 0.169. The normalized spacial score (nSPS) is 12.6. The summed E-state index contributed by atoms with van der Waals surface area (Å²) in [5.74, 6) is 0.0792. The van der Waals surface area contributed by atoms with E-state index in [9.17, 15) is 18.0 Å². The lowest BCUT2D eigenvalue weighted by atomic mass is 9.87. The molecule has 0 aliphatic carbocycles.